The number of amides is 1. The number of carbonyl (C=O) groups excluding carboxylic acids is 1. The van der Waals surface area contributed by atoms with Crippen molar-refractivity contribution in [3.63, 3.8) is 0 Å². The molecule has 2 fully saturated rings. The highest BCUT2D eigenvalue weighted by atomic mass is 19.3. The largest absolute Gasteiger partial charge is 0.346 e. The summed E-state index contributed by atoms with van der Waals surface area (Å²) in [7, 11) is 2.13. The Balaban J connectivity index is 0.000000192. The van der Waals surface area contributed by atoms with Gasteiger partial charge in [-0.25, -0.2) is 13.8 Å². The summed E-state index contributed by atoms with van der Waals surface area (Å²) in [5.41, 5.74) is 1.75. The molecule has 3 aromatic heterocycles. The summed E-state index contributed by atoms with van der Waals surface area (Å²) in [5.74, 6) is -2.64. The molecule has 0 spiro atoms. The van der Waals surface area contributed by atoms with Crippen LogP contribution in [0, 0.1) is 0 Å². The van der Waals surface area contributed by atoms with Crippen LogP contribution in [0.25, 0.3) is 21.9 Å². The molecule has 3 aromatic rings. The number of pyridine rings is 1. The van der Waals surface area contributed by atoms with Crippen molar-refractivity contribution in [2.24, 2.45) is 0 Å². The maximum absolute atomic E-state index is 12.2. The summed E-state index contributed by atoms with van der Waals surface area (Å²) >= 11 is 0. The highest BCUT2D eigenvalue weighted by Crippen LogP contribution is 2.27. The first-order valence-corrected chi connectivity index (χ1v) is 9.70. The lowest BCUT2D eigenvalue weighted by atomic mass is 10.1. The maximum Gasteiger partial charge on any atom is 0.273 e. The minimum Gasteiger partial charge on any atom is -0.346 e. The van der Waals surface area contributed by atoms with Gasteiger partial charge in [-0.1, -0.05) is 0 Å². The van der Waals surface area contributed by atoms with Crippen molar-refractivity contribution in [2.75, 3.05) is 33.2 Å². The first-order chi connectivity index (χ1) is 13.9. The zero-order valence-corrected chi connectivity index (χ0v) is 16.2. The average Bonchev–Trinajstić information content (AvgIpc) is 3.39. The zero-order valence-electron chi connectivity index (χ0n) is 16.2. The lowest BCUT2D eigenvalue weighted by molar-refractivity contribution is -0.118. The Morgan fingerprint density at radius 1 is 1.31 bits per heavy atom. The molecule has 0 aromatic carbocycles. The van der Waals surface area contributed by atoms with Gasteiger partial charge in [0.2, 0.25) is 6.41 Å². The maximum atomic E-state index is 12.2. The van der Waals surface area contributed by atoms with Crippen LogP contribution in [0.4, 0.5) is 8.78 Å². The Morgan fingerprint density at radius 3 is 2.79 bits per heavy atom. The molecule has 1 amide bonds. The van der Waals surface area contributed by atoms with Crippen molar-refractivity contribution in [3.8, 4) is 0 Å². The van der Waals surface area contributed by atoms with Crippen LogP contribution in [-0.2, 0) is 4.79 Å². The molecule has 2 N–H and O–H groups in total. The third-order valence-electron chi connectivity index (χ3n) is 5.58. The molecule has 5 heterocycles. The quantitative estimate of drug-likeness (QED) is 0.637. The molecule has 0 bridgehead atoms. The van der Waals surface area contributed by atoms with Gasteiger partial charge in [0.25, 0.3) is 11.5 Å². The van der Waals surface area contributed by atoms with Crippen molar-refractivity contribution < 1.29 is 13.6 Å². The second-order valence-electron chi connectivity index (χ2n) is 7.81. The van der Waals surface area contributed by atoms with E-state index in [2.05, 4.69) is 27.0 Å². The van der Waals surface area contributed by atoms with Crippen LogP contribution in [0.5, 0.6) is 0 Å². The number of piperidine rings is 1. The fraction of sp³-hybridized carbons (Fsp3) is 0.526. The van der Waals surface area contributed by atoms with Gasteiger partial charge >= 0.3 is 0 Å². The number of alkyl halides is 2. The summed E-state index contributed by atoms with van der Waals surface area (Å²) in [6.07, 6.45) is 6.05. The number of H-pyrrole nitrogens is 2. The fourth-order valence-electron chi connectivity index (χ4n) is 4.12. The van der Waals surface area contributed by atoms with E-state index < -0.39 is 12.5 Å². The number of likely N-dealkylation sites (N-methyl/N-ethyl adjacent to an activating group) is 1. The van der Waals surface area contributed by atoms with Gasteiger partial charge in [-0.3, -0.25) is 19.4 Å². The highest BCUT2D eigenvalue weighted by Gasteiger charge is 2.37. The predicted molar refractivity (Wildman–Crippen MR) is 105 cm³/mol. The number of rotatable bonds is 2. The number of nitrogens with zero attached hydrogens (tertiary/aromatic N) is 4. The van der Waals surface area contributed by atoms with Gasteiger partial charge in [-0.2, -0.15) is 0 Å². The van der Waals surface area contributed by atoms with E-state index in [1.54, 1.807) is 6.20 Å². The van der Waals surface area contributed by atoms with E-state index in [0.717, 1.165) is 47.4 Å². The van der Waals surface area contributed by atoms with E-state index in [1.807, 2.05) is 16.9 Å². The number of fused-ring (bicyclic) bond motifs is 3. The molecule has 2 saturated heterocycles. The van der Waals surface area contributed by atoms with Crippen molar-refractivity contribution in [3.05, 3.63) is 28.8 Å². The molecule has 0 aliphatic carbocycles. The molecule has 1 unspecified atom stereocenters. The second-order valence-corrected chi connectivity index (χ2v) is 7.81. The summed E-state index contributed by atoms with van der Waals surface area (Å²) < 4.78 is 26.4. The van der Waals surface area contributed by atoms with Gasteiger partial charge in [-0.05, 0) is 32.5 Å². The number of likely N-dealkylation sites (tertiary alicyclic amines) is 2. The number of carbonyl (C=O) groups is 1. The van der Waals surface area contributed by atoms with E-state index in [0.29, 0.717) is 17.8 Å². The standard InChI is InChI=1S/C14H17N5O.C5H7F2NO/c1-18-6-2-3-9(8-18)19-12-10-4-5-15-13(10)16-7-11(12)14(20)17-19;6-5(7)1-2-8(3-5)4-9/h4-5,7,9H,2-3,6,8H2,1H3,(H,15,16)(H,17,20);4H,1-3H2. The monoisotopic (exact) mass is 406 g/mol. The molecule has 0 radical (unpaired) electrons. The molecule has 1 atom stereocenters. The van der Waals surface area contributed by atoms with Crippen molar-refractivity contribution in [2.45, 2.75) is 31.2 Å². The van der Waals surface area contributed by atoms with Gasteiger partial charge in [0.1, 0.15) is 5.65 Å². The van der Waals surface area contributed by atoms with Gasteiger partial charge in [0, 0.05) is 37.3 Å². The lowest BCUT2D eigenvalue weighted by Gasteiger charge is -2.30. The second kappa shape index (κ2) is 7.58. The number of aromatic nitrogens is 4. The molecular weight excluding hydrogens is 382 g/mol. The molecule has 2 aliphatic rings. The van der Waals surface area contributed by atoms with E-state index in [9.17, 15) is 18.4 Å². The fourth-order valence-corrected chi connectivity index (χ4v) is 4.12. The van der Waals surface area contributed by atoms with Gasteiger partial charge < -0.3 is 14.8 Å². The van der Waals surface area contributed by atoms with Crippen LogP contribution in [0.3, 0.4) is 0 Å². The zero-order chi connectivity index (χ0) is 20.6. The highest BCUT2D eigenvalue weighted by molar-refractivity contribution is 6.02. The average molecular weight is 406 g/mol. The SMILES string of the molecule is CN1CCCC(n2[nH]c(=O)c3cnc4[nH]ccc4c32)C1.O=CN1CCC(F)(F)C1. The van der Waals surface area contributed by atoms with E-state index in [4.69, 9.17) is 0 Å². The number of hydrogen-bond donors (Lipinski definition) is 2. The topological polar surface area (TPSA) is 90.0 Å². The van der Waals surface area contributed by atoms with Crippen LogP contribution >= 0.6 is 0 Å². The van der Waals surface area contributed by atoms with Crippen molar-refractivity contribution in [1.29, 1.82) is 0 Å². The van der Waals surface area contributed by atoms with Crippen LogP contribution in [0.2, 0.25) is 0 Å². The van der Waals surface area contributed by atoms with Gasteiger partial charge in [0.05, 0.1) is 23.5 Å². The molecular formula is C19H24F2N6O2. The Kier molecular flexibility index (Phi) is 5.12. The predicted octanol–water partition coefficient (Wildman–Crippen LogP) is 1.96. The molecule has 5 rings (SSSR count). The number of aromatic amines is 2. The third kappa shape index (κ3) is 3.89. The van der Waals surface area contributed by atoms with Crippen LogP contribution in [0.15, 0.2) is 23.3 Å². The Hall–Kier alpha value is -2.75. The Bertz CT molecular complexity index is 1070. The lowest BCUT2D eigenvalue weighted by Crippen LogP contribution is -2.34. The van der Waals surface area contributed by atoms with Gasteiger partial charge in [0.15, 0.2) is 0 Å². The van der Waals surface area contributed by atoms with E-state index in [-0.39, 0.29) is 18.5 Å². The van der Waals surface area contributed by atoms with Crippen LogP contribution < -0.4 is 5.56 Å². The molecule has 156 valence electrons. The molecule has 10 heteroatoms. The smallest absolute Gasteiger partial charge is 0.273 e. The van der Waals surface area contributed by atoms with Crippen LogP contribution in [0.1, 0.15) is 25.3 Å². The Morgan fingerprint density at radius 2 is 2.14 bits per heavy atom. The van der Waals surface area contributed by atoms with E-state index >= 15 is 0 Å². The van der Waals surface area contributed by atoms with E-state index in [1.165, 1.54) is 0 Å². The number of nitrogens with one attached hydrogen (secondary N) is 2. The molecule has 2 aliphatic heterocycles. The Labute approximate surface area is 165 Å². The summed E-state index contributed by atoms with van der Waals surface area (Å²) in [4.78, 5) is 32.8. The van der Waals surface area contributed by atoms with Crippen LogP contribution in [-0.4, -0.2) is 75.1 Å². The molecule has 0 saturated carbocycles. The minimum absolute atomic E-state index is 0.0520. The summed E-state index contributed by atoms with van der Waals surface area (Å²) in [6, 6.07) is 2.31. The first kappa shape index (κ1) is 19.6. The first-order valence-electron chi connectivity index (χ1n) is 9.70. The van der Waals surface area contributed by atoms with Gasteiger partial charge in [-0.15, -0.1) is 0 Å². The molecule has 29 heavy (non-hydrogen) atoms. The number of hydrogen-bond acceptors (Lipinski definition) is 4. The third-order valence-corrected chi connectivity index (χ3v) is 5.58. The normalized spacial score (nSPS) is 22.0. The number of halogens is 2. The van der Waals surface area contributed by atoms with Crippen molar-refractivity contribution in [1.82, 2.24) is 29.5 Å². The summed E-state index contributed by atoms with van der Waals surface area (Å²) in [5, 5.41) is 4.69. The molecule has 8 nitrogen and oxygen atoms in total. The van der Waals surface area contributed by atoms with Crippen molar-refractivity contribution >= 4 is 28.3 Å². The summed E-state index contributed by atoms with van der Waals surface area (Å²) in [6.45, 7) is 1.88. The minimum atomic E-state index is -2.64.